The van der Waals surface area contributed by atoms with Crippen LogP contribution >= 0.6 is 0 Å². The zero-order chi connectivity index (χ0) is 15.4. The monoisotopic (exact) mass is 290 g/mol. The van der Waals surface area contributed by atoms with Gasteiger partial charge in [-0.25, -0.2) is 4.98 Å². The summed E-state index contributed by atoms with van der Waals surface area (Å²) in [6.45, 7) is 1.26. The Hall–Kier alpha value is -2.74. The van der Waals surface area contributed by atoms with E-state index < -0.39 is 4.92 Å². The van der Waals surface area contributed by atoms with Crippen LogP contribution in [-0.2, 0) is 6.61 Å². The molecule has 2 rings (SSSR count). The minimum Gasteiger partial charge on any atom is -0.433 e. The van der Waals surface area contributed by atoms with Crippen LogP contribution in [0.15, 0.2) is 24.3 Å². The first kappa shape index (κ1) is 14.7. The van der Waals surface area contributed by atoms with E-state index in [1.165, 1.54) is 6.92 Å². The Morgan fingerprint density at radius 1 is 1.38 bits per heavy atom. The first-order valence-electron chi connectivity index (χ1n) is 6.14. The van der Waals surface area contributed by atoms with E-state index in [4.69, 9.17) is 4.74 Å². The molecule has 1 heterocycles. The standard InChI is InChI=1S/C13H14N4O4/c1-8-11(17(19)20)12(16-13(14-2)15-8)21-10-6-4-3-5-9(10)7-18/h3-6,18H,7H2,1-2H3,(H,14,15,16). The van der Waals surface area contributed by atoms with Crippen molar-refractivity contribution >= 4 is 11.6 Å². The van der Waals surface area contributed by atoms with E-state index in [0.29, 0.717) is 11.3 Å². The Morgan fingerprint density at radius 2 is 2.10 bits per heavy atom. The van der Waals surface area contributed by atoms with Crippen LogP contribution in [0.4, 0.5) is 11.6 Å². The van der Waals surface area contributed by atoms with Crippen LogP contribution in [0.5, 0.6) is 11.6 Å². The van der Waals surface area contributed by atoms with Crippen LogP contribution in [0.2, 0.25) is 0 Å². The lowest BCUT2D eigenvalue weighted by atomic mass is 10.2. The third kappa shape index (κ3) is 3.06. The molecule has 0 atom stereocenters. The summed E-state index contributed by atoms with van der Waals surface area (Å²) < 4.78 is 5.52. The molecule has 0 fully saturated rings. The van der Waals surface area contributed by atoms with Gasteiger partial charge in [0.2, 0.25) is 5.95 Å². The summed E-state index contributed by atoms with van der Waals surface area (Å²) in [6, 6.07) is 6.70. The zero-order valence-electron chi connectivity index (χ0n) is 11.5. The van der Waals surface area contributed by atoms with Crippen LogP contribution in [0.1, 0.15) is 11.3 Å². The highest BCUT2D eigenvalue weighted by atomic mass is 16.6. The number of hydrogen-bond acceptors (Lipinski definition) is 7. The second kappa shape index (κ2) is 6.14. The number of aliphatic hydroxyl groups excluding tert-OH is 1. The third-order valence-corrected chi connectivity index (χ3v) is 2.78. The highest BCUT2D eigenvalue weighted by Gasteiger charge is 2.24. The van der Waals surface area contributed by atoms with Crippen molar-refractivity contribution in [1.29, 1.82) is 0 Å². The average Bonchev–Trinajstić information content (AvgIpc) is 2.46. The highest BCUT2D eigenvalue weighted by Crippen LogP contribution is 2.33. The summed E-state index contributed by atoms with van der Waals surface area (Å²) in [5.41, 5.74) is 0.395. The Labute approximate surface area is 120 Å². The minimum absolute atomic E-state index is 0.169. The Bertz CT molecular complexity index is 675. The molecule has 8 nitrogen and oxygen atoms in total. The summed E-state index contributed by atoms with van der Waals surface area (Å²) in [6.07, 6.45) is 0. The molecule has 0 saturated heterocycles. The van der Waals surface area contributed by atoms with Gasteiger partial charge in [-0.15, -0.1) is 0 Å². The maximum Gasteiger partial charge on any atom is 0.352 e. The van der Waals surface area contributed by atoms with E-state index in [1.54, 1.807) is 31.3 Å². The Kier molecular flexibility index (Phi) is 4.29. The first-order chi connectivity index (χ1) is 10.1. The fraction of sp³-hybridized carbons (Fsp3) is 0.231. The van der Waals surface area contributed by atoms with E-state index in [0.717, 1.165) is 0 Å². The lowest BCUT2D eigenvalue weighted by Crippen LogP contribution is -2.05. The van der Waals surface area contributed by atoms with Crippen molar-refractivity contribution in [2.75, 3.05) is 12.4 Å². The van der Waals surface area contributed by atoms with Crippen molar-refractivity contribution < 1.29 is 14.8 Å². The predicted octanol–water partition coefficient (Wildman–Crippen LogP) is 2.02. The second-order valence-corrected chi connectivity index (χ2v) is 4.16. The number of nitro groups is 1. The number of ether oxygens (including phenoxy) is 1. The molecular formula is C13H14N4O4. The lowest BCUT2D eigenvalue weighted by Gasteiger charge is -2.10. The number of hydrogen-bond donors (Lipinski definition) is 2. The van der Waals surface area contributed by atoms with Crippen LogP contribution in [0, 0.1) is 17.0 Å². The van der Waals surface area contributed by atoms with Crippen molar-refractivity contribution in [1.82, 2.24) is 9.97 Å². The fourth-order valence-corrected chi connectivity index (χ4v) is 1.77. The molecule has 8 heteroatoms. The van der Waals surface area contributed by atoms with Gasteiger partial charge in [0.1, 0.15) is 11.4 Å². The number of aryl methyl sites for hydroxylation is 1. The molecular weight excluding hydrogens is 276 g/mol. The molecule has 0 amide bonds. The van der Waals surface area contributed by atoms with Crippen molar-refractivity contribution in [2.24, 2.45) is 0 Å². The topological polar surface area (TPSA) is 110 Å². The van der Waals surface area contributed by atoms with E-state index in [1.807, 2.05) is 0 Å². The van der Waals surface area contributed by atoms with Crippen LogP contribution in [0.25, 0.3) is 0 Å². The highest BCUT2D eigenvalue weighted by molar-refractivity contribution is 5.51. The quantitative estimate of drug-likeness (QED) is 0.640. The van der Waals surface area contributed by atoms with Crippen molar-refractivity contribution in [3.8, 4) is 11.6 Å². The molecule has 0 unspecified atom stereocenters. The van der Waals surface area contributed by atoms with Gasteiger partial charge in [-0.2, -0.15) is 4.98 Å². The molecule has 0 saturated carbocycles. The second-order valence-electron chi connectivity index (χ2n) is 4.16. The molecule has 21 heavy (non-hydrogen) atoms. The number of aromatic nitrogens is 2. The van der Waals surface area contributed by atoms with Gasteiger partial charge in [0.05, 0.1) is 11.5 Å². The summed E-state index contributed by atoms with van der Waals surface area (Å²) in [7, 11) is 1.60. The number of benzene rings is 1. The zero-order valence-corrected chi connectivity index (χ0v) is 11.5. The molecule has 2 N–H and O–H groups in total. The number of para-hydroxylation sites is 1. The van der Waals surface area contributed by atoms with Crippen LogP contribution in [0.3, 0.4) is 0 Å². The Balaban J connectivity index is 2.52. The lowest BCUT2D eigenvalue weighted by molar-refractivity contribution is -0.386. The van der Waals surface area contributed by atoms with Crippen LogP contribution < -0.4 is 10.1 Å². The van der Waals surface area contributed by atoms with E-state index >= 15 is 0 Å². The van der Waals surface area contributed by atoms with Gasteiger partial charge in [0, 0.05) is 12.6 Å². The molecule has 0 bridgehead atoms. The smallest absolute Gasteiger partial charge is 0.352 e. The molecule has 0 radical (unpaired) electrons. The summed E-state index contributed by atoms with van der Waals surface area (Å²) in [5, 5.41) is 23.1. The number of anilines is 1. The number of nitrogens with zero attached hydrogens (tertiary/aromatic N) is 3. The maximum atomic E-state index is 11.2. The Morgan fingerprint density at radius 3 is 2.71 bits per heavy atom. The molecule has 0 aliphatic heterocycles. The maximum absolute atomic E-state index is 11.2. The van der Waals surface area contributed by atoms with Crippen molar-refractivity contribution in [3.05, 3.63) is 45.6 Å². The number of rotatable bonds is 5. The summed E-state index contributed by atoms with van der Waals surface area (Å²) >= 11 is 0. The van der Waals surface area contributed by atoms with Crippen LogP contribution in [-0.4, -0.2) is 27.0 Å². The van der Waals surface area contributed by atoms with Gasteiger partial charge in [0.15, 0.2) is 0 Å². The largest absolute Gasteiger partial charge is 0.433 e. The van der Waals surface area contributed by atoms with Crippen molar-refractivity contribution in [2.45, 2.75) is 13.5 Å². The first-order valence-corrected chi connectivity index (χ1v) is 6.14. The van der Waals surface area contributed by atoms with E-state index in [-0.39, 0.29) is 29.8 Å². The molecule has 1 aromatic carbocycles. The van der Waals surface area contributed by atoms with Gasteiger partial charge in [-0.3, -0.25) is 10.1 Å². The van der Waals surface area contributed by atoms with E-state index in [9.17, 15) is 15.2 Å². The molecule has 110 valence electrons. The SMILES string of the molecule is CNc1nc(C)c([N+](=O)[O-])c(Oc2ccccc2CO)n1. The predicted molar refractivity (Wildman–Crippen MR) is 75.4 cm³/mol. The molecule has 2 aromatic rings. The summed E-state index contributed by atoms with van der Waals surface area (Å²) in [4.78, 5) is 18.5. The molecule has 0 aliphatic rings. The molecule has 0 spiro atoms. The van der Waals surface area contributed by atoms with Crippen molar-refractivity contribution in [3.63, 3.8) is 0 Å². The molecule has 0 aliphatic carbocycles. The normalized spacial score (nSPS) is 10.2. The average molecular weight is 290 g/mol. The third-order valence-electron chi connectivity index (χ3n) is 2.78. The minimum atomic E-state index is -0.592. The van der Waals surface area contributed by atoms with Gasteiger partial charge in [-0.1, -0.05) is 18.2 Å². The fourth-order valence-electron chi connectivity index (χ4n) is 1.77. The van der Waals surface area contributed by atoms with Gasteiger partial charge in [-0.05, 0) is 13.0 Å². The molecule has 1 aromatic heterocycles. The van der Waals surface area contributed by atoms with E-state index in [2.05, 4.69) is 15.3 Å². The van der Waals surface area contributed by atoms with Gasteiger partial charge < -0.3 is 15.2 Å². The van der Waals surface area contributed by atoms with Gasteiger partial charge >= 0.3 is 11.6 Å². The summed E-state index contributed by atoms with van der Waals surface area (Å²) in [5.74, 6) is 0.357. The number of nitrogens with one attached hydrogen (secondary N) is 1. The van der Waals surface area contributed by atoms with Gasteiger partial charge in [0.25, 0.3) is 0 Å². The number of aliphatic hydroxyl groups is 1.